The van der Waals surface area contributed by atoms with Gasteiger partial charge in [0.15, 0.2) is 11.6 Å². The van der Waals surface area contributed by atoms with E-state index in [4.69, 9.17) is 23.2 Å². The van der Waals surface area contributed by atoms with Crippen molar-refractivity contribution in [2.75, 3.05) is 4.72 Å². The second-order valence-electron chi connectivity index (χ2n) is 3.82. The Kier molecular flexibility index (Phi) is 4.08. The number of aromatic hydroxyl groups is 1. The Morgan fingerprint density at radius 1 is 1.10 bits per heavy atom. The predicted molar refractivity (Wildman–Crippen MR) is 75.3 cm³/mol. The Hall–Kier alpha value is -1.50. The zero-order valence-corrected chi connectivity index (χ0v) is 12.1. The fourth-order valence-corrected chi connectivity index (χ4v) is 3.27. The maximum Gasteiger partial charge on any atom is 0.263 e. The summed E-state index contributed by atoms with van der Waals surface area (Å²) in [5.41, 5.74) is -0.120. The van der Waals surface area contributed by atoms with Crippen molar-refractivity contribution in [1.29, 1.82) is 0 Å². The number of phenols is 1. The van der Waals surface area contributed by atoms with Crippen LogP contribution in [-0.2, 0) is 10.0 Å². The van der Waals surface area contributed by atoms with E-state index in [1.807, 2.05) is 0 Å². The summed E-state index contributed by atoms with van der Waals surface area (Å²) >= 11 is 11.4. The Morgan fingerprint density at radius 3 is 2.35 bits per heavy atom. The number of sulfonamides is 1. The molecular weight excluding hydrogens is 328 g/mol. The minimum atomic E-state index is -3.98. The quantitative estimate of drug-likeness (QED) is 0.841. The minimum Gasteiger partial charge on any atom is -0.504 e. The molecular formula is C12H8Cl2FNO3S. The van der Waals surface area contributed by atoms with Crippen LogP contribution in [0.5, 0.6) is 5.75 Å². The summed E-state index contributed by atoms with van der Waals surface area (Å²) in [6.07, 6.45) is 0. The fourth-order valence-electron chi connectivity index (χ4n) is 1.50. The van der Waals surface area contributed by atoms with Crippen molar-refractivity contribution in [2.24, 2.45) is 0 Å². The first-order chi connectivity index (χ1) is 9.31. The molecule has 8 heteroatoms. The lowest BCUT2D eigenvalue weighted by Crippen LogP contribution is -2.13. The maximum absolute atomic E-state index is 13.3. The van der Waals surface area contributed by atoms with Crippen molar-refractivity contribution in [3.8, 4) is 5.75 Å². The van der Waals surface area contributed by atoms with E-state index in [0.29, 0.717) is 0 Å². The summed E-state index contributed by atoms with van der Waals surface area (Å²) < 4.78 is 39.7. The molecule has 0 fully saturated rings. The van der Waals surface area contributed by atoms with Gasteiger partial charge in [0.05, 0.1) is 15.7 Å². The SMILES string of the molecule is O=S(=O)(Nc1cc(F)c(O)c(Cl)c1)c1ccccc1Cl. The Bertz CT molecular complexity index is 742. The Balaban J connectivity index is 2.42. The third kappa shape index (κ3) is 2.98. The molecule has 0 spiro atoms. The van der Waals surface area contributed by atoms with Crippen LogP contribution < -0.4 is 4.72 Å². The second kappa shape index (κ2) is 5.47. The van der Waals surface area contributed by atoms with Crippen LogP contribution >= 0.6 is 23.2 Å². The van der Waals surface area contributed by atoms with Crippen molar-refractivity contribution < 1.29 is 17.9 Å². The summed E-state index contributed by atoms with van der Waals surface area (Å²) in [6.45, 7) is 0. The van der Waals surface area contributed by atoms with E-state index in [9.17, 15) is 17.9 Å². The van der Waals surface area contributed by atoms with Gasteiger partial charge >= 0.3 is 0 Å². The molecule has 0 unspecified atom stereocenters. The zero-order valence-electron chi connectivity index (χ0n) is 9.77. The fraction of sp³-hybridized carbons (Fsp3) is 0. The molecule has 106 valence electrons. The smallest absolute Gasteiger partial charge is 0.263 e. The van der Waals surface area contributed by atoms with E-state index in [0.717, 1.165) is 12.1 Å². The molecule has 0 amide bonds. The number of hydrogen-bond acceptors (Lipinski definition) is 3. The molecule has 0 aliphatic rings. The lowest BCUT2D eigenvalue weighted by molar-refractivity contribution is 0.433. The van der Waals surface area contributed by atoms with Crippen molar-refractivity contribution in [1.82, 2.24) is 0 Å². The molecule has 0 atom stereocenters. The molecule has 0 saturated carbocycles. The lowest BCUT2D eigenvalue weighted by Gasteiger charge is -2.10. The minimum absolute atomic E-state index is 0.0327. The van der Waals surface area contributed by atoms with Gasteiger partial charge in [0.25, 0.3) is 10.0 Å². The number of anilines is 1. The molecule has 0 bridgehead atoms. The highest BCUT2D eigenvalue weighted by Crippen LogP contribution is 2.31. The average molecular weight is 336 g/mol. The molecule has 2 rings (SSSR count). The predicted octanol–water partition coefficient (Wildman–Crippen LogP) is 3.64. The monoisotopic (exact) mass is 335 g/mol. The van der Waals surface area contributed by atoms with Gasteiger partial charge in [-0.25, -0.2) is 12.8 Å². The van der Waals surface area contributed by atoms with Crippen molar-refractivity contribution in [3.05, 3.63) is 52.3 Å². The van der Waals surface area contributed by atoms with Crippen LogP contribution in [0.25, 0.3) is 0 Å². The molecule has 2 aromatic rings. The van der Waals surface area contributed by atoms with Gasteiger partial charge in [-0.05, 0) is 18.2 Å². The maximum atomic E-state index is 13.3. The van der Waals surface area contributed by atoms with Gasteiger partial charge in [-0.2, -0.15) is 0 Å². The highest BCUT2D eigenvalue weighted by molar-refractivity contribution is 7.92. The number of benzene rings is 2. The van der Waals surface area contributed by atoms with Crippen LogP contribution in [0, 0.1) is 5.82 Å². The first-order valence-electron chi connectivity index (χ1n) is 5.26. The summed E-state index contributed by atoms with van der Waals surface area (Å²) in [5.74, 6) is -1.78. The molecule has 4 nitrogen and oxygen atoms in total. The molecule has 0 saturated heterocycles. The van der Waals surface area contributed by atoms with Gasteiger partial charge in [-0.15, -0.1) is 0 Å². The van der Waals surface area contributed by atoms with Gasteiger partial charge in [-0.3, -0.25) is 4.72 Å². The van der Waals surface area contributed by atoms with Gasteiger partial charge < -0.3 is 5.11 Å². The van der Waals surface area contributed by atoms with E-state index in [2.05, 4.69) is 4.72 Å². The molecule has 0 radical (unpaired) electrons. The standard InChI is InChI=1S/C12H8Cl2FNO3S/c13-8-3-1-2-4-11(8)20(18,19)16-7-5-9(14)12(17)10(15)6-7/h1-6,16-17H. The largest absolute Gasteiger partial charge is 0.504 e. The highest BCUT2D eigenvalue weighted by atomic mass is 35.5. The lowest BCUT2D eigenvalue weighted by atomic mass is 10.3. The van der Waals surface area contributed by atoms with Crippen LogP contribution in [0.2, 0.25) is 10.0 Å². The van der Waals surface area contributed by atoms with Crippen LogP contribution in [0.4, 0.5) is 10.1 Å². The topological polar surface area (TPSA) is 66.4 Å². The molecule has 0 aromatic heterocycles. The third-order valence-corrected chi connectivity index (χ3v) is 4.56. The normalized spacial score (nSPS) is 11.3. The molecule has 0 aliphatic heterocycles. The first-order valence-corrected chi connectivity index (χ1v) is 7.50. The van der Waals surface area contributed by atoms with E-state index in [1.54, 1.807) is 6.07 Å². The average Bonchev–Trinajstić information content (AvgIpc) is 2.35. The summed E-state index contributed by atoms with van der Waals surface area (Å²) in [7, 11) is -3.98. The van der Waals surface area contributed by atoms with Crippen molar-refractivity contribution in [3.63, 3.8) is 0 Å². The van der Waals surface area contributed by atoms with E-state index < -0.39 is 21.6 Å². The van der Waals surface area contributed by atoms with Gasteiger partial charge in [0, 0.05) is 6.07 Å². The van der Waals surface area contributed by atoms with Crippen LogP contribution in [0.1, 0.15) is 0 Å². The molecule has 0 heterocycles. The number of hydrogen-bond donors (Lipinski definition) is 2. The van der Waals surface area contributed by atoms with E-state index >= 15 is 0 Å². The summed E-state index contributed by atoms with van der Waals surface area (Å²) in [4.78, 5) is -0.147. The number of phenolic OH excluding ortho intramolecular Hbond substituents is 1. The van der Waals surface area contributed by atoms with E-state index in [-0.39, 0.29) is 20.6 Å². The molecule has 0 aliphatic carbocycles. The van der Waals surface area contributed by atoms with Gasteiger partial charge in [0.2, 0.25) is 0 Å². The first kappa shape index (κ1) is 14.9. The van der Waals surface area contributed by atoms with Crippen molar-refractivity contribution >= 4 is 38.9 Å². The molecule has 20 heavy (non-hydrogen) atoms. The van der Waals surface area contributed by atoms with Gasteiger partial charge in [-0.1, -0.05) is 35.3 Å². The van der Waals surface area contributed by atoms with Crippen LogP contribution in [0.15, 0.2) is 41.3 Å². The highest BCUT2D eigenvalue weighted by Gasteiger charge is 2.19. The summed E-state index contributed by atoms with van der Waals surface area (Å²) in [6, 6.07) is 7.72. The third-order valence-electron chi connectivity index (χ3n) is 2.40. The second-order valence-corrected chi connectivity index (χ2v) is 6.29. The number of rotatable bonds is 3. The molecule has 2 aromatic carbocycles. The Labute approximate surface area is 124 Å². The summed E-state index contributed by atoms with van der Waals surface area (Å²) in [5, 5.41) is 8.91. The zero-order chi connectivity index (χ0) is 14.9. The van der Waals surface area contributed by atoms with Crippen LogP contribution in [-0.4, -0.2) is 13.5 Å². The van der Waals surface area contributed by atoms with Crippen LogP contribution in [0.3, 0.4) is 0 Å². The molecule has 2 N–H and O–H groups in total. The Morgan fingerprint density at radius 2 is 1.75 bits per heavy atom. The number of halogens is 3. The van der Waals surface area contributed by atoms with Gasteiger partial charge in [0.1, 0.15) is 4.90 Å². The van der Waals surface area contributed by atoms with Crippen molar-refractivity contribution in [2.45, 2.75) is 4.90 Å². The number of nitrogens with one attached hydrogen (secondary N) is 1. The van der Waals surface area contributed by atoms with E-state index in [1.165, 1.54) is 18.2 Å².